The van der Waals surface area contributed by atoms with Crippen LogP contribution in [-0.2, 0) is 6.54 Å². The summed E-state index contributed by atoms with van der Waals surface area (Å²) >= 11 is 1.74. The summed E-state index contributed by atoms with van der Waals surface area (Å²) in [5, 5.41) is 6.85. The molecule has 1 aromatic heterocycles. The van der Waals surface area contributed by atoms with Crippen LogP contribution >= 0.6 is 11.3 Å². The van der Waals surface area contributed by atoms with E-state index in [4.69, 9.17) is 5.73 Å². The van der Waals surface area contributed by atoms with Crippen molar-refractivity contribution in [3.63, 3.8) is 0 Å². The van der Waals surface area contributed by atoms with Crippen molar-refractivity contribution in [3.8, 4) is 0 Å². The topological polar surface area (TPSA) is 50.9 Å². The Kier molecular flexibility index (Phi) is 4.76. The first-order valence-corrected chi connectivity index (χ1v) is 7.83. The van der Waals surface area contributed by atoms with Gasteiger partial charge in [0.25, 0.3) is 0 Å². The summed E-state index contributed by atoms with van der Waals surface area (Å²) in [7, 11) is 0. The lowest BCUT2D eigenvalue weighted by Gasteiger charge is -2.38. The Balaban J connectivity index is 1.80. The molecule has 1 aromatic rings. The van der Waals surface area contributed by atoms with Crippen molar-refractivity contribution < 1.29 is 0 Å². The Morgan fingerprint density at radius 1 is 1.50 bits per heavy atom. The largest absolute Gasteiger partial charge is 0.330 e. The van der Waals surface area contributed by atoms with E-state index in [9.17, 15) is 0 Å². The Labute approximate surface area is 114 Å². The predicted octanol–water partition coefficient (Wildman–Crippen LogP) is 2.70. The van der Waals surface area contributed by atoms with Gasteiger partial charge in [0.1, 0.15) is 5.01 Å². The van der Waals surface area contributed by atoms with Crippen LogP contribution in [0.15, 0.2) is 5.38 Å². The zero-order valence-corrected chi connectivity index (χ0v) is 12.4. The second-order valence-electron chi connectivity index (χ2n) is 5.87. The van der Waals surface area contributed by atoms with E-state index >= 15 is 0 Å². The molecule has 0 saturated heterocycles. The van der Waals surface area contributed by atoms with Crippen molar-refractivity contribution in [3.05, 3.63) is 16.1 Å². The average molecular weight is 267 g/mol. The Morgan fingerprint density at radius 2 is 2.22 bits per heavy atom. The minimum absolute atomic E-state index is 0.332. The second-order valence-corrected chi connectivity index (χ2v) is 6.82. The van der Waals surface area contributed by atoms with Crippen LogP contribution in [0.4, 0.5) is 0 Å². The van der Waals surface area contributed by atoms with Crippen molar-refractivity contribution in [2.75, 3.05) is 13.1 Å². The van der Waals surface area contributed by atoms with E-state index < -0.39 is 0 Å². The molecule has 1 saturated carbocycles. The molecule has 18 heavy (non-hydrogen) atoms. The zero-order valence-electron chi connectivity index (χ0n) is 11.5. The molecule has 2 rings (SSSR count). The van der Waals surface area contributed by atoms with Gasteiger partial charge in [-0.3, -0.25) is 0 Å². The number of hydrogen-bond donors (Lipinski definition) is 2. The third-order valence-corrected chi connectivity index (χ3v) is 5.18. The molecule has 0 aromatic carbocycles. The minimum Gasteiger partial charge on any atom is -0.330 e. The second kappa shape index (κ2) is 6.13. The monoisotopic (exact) mass is 267 g/mol. The van der Waals surface area contributed by atoms with Crippen LogP contribution in [-0.4, -0.2) is 18.1 Å². The number of hydrogen-bond acceptors (Lipinski definition) is 4. The molecule has 0 spiro atoms. The number of nitrogens with one attached hydrogen (secondary N) is 1. The Bertz CT molecular complexity index is 367. The fraction of sp³-hybridized carbons (Fsp3) is 0.786. The van der Waals surface area contributed by atoms with Crippen LogP contribution in [0.5, 0.6) is 0 Å². The van der Waals surface area contributed by atoms with Crippen molar-refractivity contribution in [1.82, 2.24) is 10.3 Å². The number of rotatable bonds is 5. The molecule has 0 radical (unpaired) electrons. The first kappa shape index (κ1) is 14.0. The van der Waals surface area contributed by atoms with Gasteiger partial charge < -0.3 is 11.1 Å². The lowest BCUT2D eigenvalue weighted by atomic mass is 9.71. The molecule has 0 unspecified atom stereocenters. The summed E-state index contributed by atoms with van der Waals surface area (Å²) < 4.78 is 0. The van der Waals surface area contributed by atoms with E-state index in [0.717, 1.165) is 31.2 Å². The zero-order chi connectivity index (χ0) is 13.0. The maximum absolute atomic E-state index is 6.01. The van der Waals surface area contributed by atoms with E-state index in [2.05, 4.69) is 22.6 Å². The van der Waals surface area contributed by atoms with Gasteiger partial charge in [0.15, 0.2) is 0 Å². The highest BCUT2D eigenvalue weighted by molar-refractivity contribution is 7.09. The molecule has 1 aliphatic carbocycles. The summed E-state index contributed by atoms with van der Waals surface area (Å²) in [6.45, 7) is 7.13. The first-order chi connectivity index (χ1) is 8.63. The highest BCUT2D eigenvalue weighted by Gasteiger charge is 2.32. The third-order valence-electron chi connectivity index (χ3n) is 4.21. The van der Waals surface area contributed by atoms with E-state index in [1.807, 2.05) is 6.92 Å². The van der Waals surface area contributed by atoms with Gasteiger partial charge in [-0.05, 0) is 37.6 Å². The summed E-state index contributed by atoms with van der Waals surface area (Å²) in [5.74, 6) is 0.881. The smallest absolute Gasteiger partial charge is 0.107 e. The summed E-state index contributed by atoms with van der Waals surface area (Å²) in [6.07, 6.45) is 5.20. The van der Waals surface area contributed by atoms with Gasteiger partial charge in [0, 0.05) is 24.2 Å². The maximum atomic E-state index is 6.01. The molecule has 4 heteroatoms. The number of nitrogens with zero attached hydrogens (tertiary/aromatic N) is 1. The Hall–Kier alpha value is -0.450. The molecule has 1 aliphatic rings. The normalized spacial score (nSPS) is 28.5. The highest BCUT2D eigenvalue weighted by Crippen LogP contribution is 2.37. The van der Waals surface area contributed by atoms with E-state index in [-0.39, 0.29) is 0 Å². The molecule has 102 valence electrons. The third kappa shape index (κ3) is 3.53. The van der Waals surface area contributed by atoms with E-state index in [1.54, 1.807) is 11.3 Å². The van der Waals surface area contributed by atoms with Gasteiger partial charge in [0.05, 0.1) is 0 Å². The number of nitrogens with two attached hydrogens (primary N) is 1. The lowest BCUT2D eigenvalue weighted by Crippen LogP contribution is -2.42. The van der Waals surface area contributed by atoms with Crippen LogP contribution in [0.3, 0.4) is 0 Å². The van der Waals surface area contributed by atoms with E-state index in [0.29, 0.717) is 5.41 Å². The van der Waals surface area contributed by atoms with Gasteiger partial charge in [-0.25, -0.2) is 4.98 Å². The molecule has 1 heterocycles. The molecule has 0 bridgehead atoms. The molecular formula is C14H25N3S. The van der Waals surface area contributed by atoms with Crippen LogP contribution < -0.4 is 11.1 Å². The van der Waals surface area contributed by atoms with Gasteiger partial charge in [-0.2, -0.15) is 0 Å². The fourth-order valence-electron chi connectivity index (χ4n) is 2.75. The van der Waals surface area contributed by atoms with Crippen LogP contribution in [0, 0.1) is 18.3 Å². The van der Waals surface area contributed by atoms with Gasteiger partial charge >= 0.3 is 0 Å². The number of thiazole rings is 1. The first-order valence-electron chi connectivity index (χ1n) is 6.95. The summed E-state index contributed by atoms with van der Waals surface area (Å²) in [6, 6.07) is 0. The minimum atomic E-state index is 0.332. The fourth-order valence-corrected chi connectivity index (χ4v) is 3.49. The van der Waals surface area contributed by atoms with Crippen LogP contribution in [0.2, 0.25) is 0 Å². The van der Waals surface area contributed by atoms with Crippen molar-refractivity contribution in [2.45, 2.75) is 46.1 Å². The van der Waals surface area contributed by atoms with Crippen LogP contribution in [0.25, 0.3) is 0 Å². The molecule has 0 amide bonds. The highest BCUT2D eigenvalue weighted by atomic mass is 32.1. The molecular weight excluding hydrogens is 242 g/mol. The molecule has 0 atom stereocenters. The van der Waals surface area contributed by atoms with E-state index in [1.165, 1.54) is 30.7 Å². The molecule has 3 N–H and O–H groups in total. The van der Waals surface area contributed by atoms with Gasteiger partial charge in [-0.1, -0.05) is 19.8 Å². The molecule has 3 nitrogen and oxygen atoms in total. The number of aryl methyl sites for hydroxylation is 1. The molecule has 0 aliphatic heterocycles. The van der Waals surface area contributed by atoms with Crippen molar-refractivity contribution >= 4 is 11.3 Å². The SMILES string of the molecule is Cc1csc(CNCC2(CN)CCC(C)CC2)n1. The standard InChI is InChI=1S/C14H25N3S/c1-11-3-5-14(9-15,6-4-11)10-16-7-13-17-12(2)8-18-13/h8,11,16H,3-7,9-10,15H2,1-2H3. The predicted molar refractivity (Wildman–Crippen MR) is 77.7 cm³/mol. The summed E-state index contributed by atoms with van der Waals surface area (Å²) in [4.78, 5) is 4.48. The van der Waals surface area contributed by atoms with Gasteiger partial charge in [0.2, 0.25) is 0 Å². The Morgan fingerprint density at radius 3 is 2.78 bits per heavy atom. The van der Waals surface area contributed by atoms with Crippen molar-refractivity contribution in [1.29, 1.82) is 0 Å². The number of aromatic nitrogens is 1. The van der Waals surface area contributed by atoms with Crippen molar-refractivity contribution in [2.24, 2.45) is 17.1 Å². The lowest BCUT2D eigenvalue weighted by molar-refractivity contribution is 0.159. The maximum Gasteiger partial charge on any atom is 0.107 e. The quantitative estimate of drug-likeness (QED) is 0.862. The summed E-state index contributed by atoms with van der Waals surface area (Å²) in [5.41, 5.74) is 7.47. The van der Waals surface area contributed by atoms with Crippen LogP contribution in [0.1, 0.15) is 43.3 Å². The molecule has 1 fully saturated rings. The average Bonchev–Trinajstić information content (AvgIpc) is 2.78. The van der Waals surface area contributed by atoms with Gasteiger partial charge in [-0.15, -0.1) is 11.3 Å².